The summed E-state index contributed by atoms with van der Waals surface area (Å²) in [6.45, 7) is 4.80. The number of hydrogen-bond acceptors (Lipinski definition) is 6. The number of aromatic nitrogens is 1. The standard InChI is InChI=1S/C29H26N6/c30-13-1-15-34-16-18-35(19-17-34)26-9-7-25(8-10-26)33-29-12-14-32-28-11-6-24(20-27(28)29)23-4-2-22(21-31)3-5-23/h2-12,14,20H,1,15-19H2,(H,32,33). The lowest BCUT2D eigenvalue weighted by molar-refractivity contribution is 0.263. The van der Waals surface area contributed by atoms with Crippen LogP contribution in [0, 0.1) is 22.7 Å². The lowest BCUT2D eigenvalue weighted by Crippen LogP contribution is -2.46. The molecule has 4 aromatic rings. The van der Waals surface area contributed by atoms with Crippen LogP contribution in [0.25, 0.3) is 22.0 Å². The molecular formula is C29H26N6. The van der Waals surface area contributed by atoms with Crippen LogP contribution in [-0.4, -0.2) is 42.6 Å². The molecule has 1 saturated heterocycles. The minimum absolute atomic E-state index is 0.596. The Hall–Kier alpha value is -4.39. The molecule has 5 rings (SSSR count). The third-order valence-corrected chi connectivity index (χ3v) is 6.51. The number of nitrogens with one attached hydrogen (secondary N) is 1. The molecule has 0 radical (unpaired) electrons. The molecule has 35 heavy (non-hydrogen) atoms. The number of anilines is 3. The SMILES string of the molecule is N#CCCN1CCN(c2ccc(Nc3ccnc4ccc(-c5ccc(C#N)cc5)cc34)cc2)CC1. The summed E-state index contributed by atoms with van der Waals surface area (Å²) in [7, 11) is 0. The quantitative estimate of drug-likeness (QED) is 0.408. The van der Waals surface area contributed by atoms with Crippen molar-refractivity contribution in [2.75, 3.05) is 42.9 Å². The fourth-order valence-electron chi connectivity index (χ4n) is 4.52. The number of piperazine rings is 1. The number of hydrogen-bond donors (Lipinski definition) is 1. The highest BCUT2D eigenvalue weighted by atomic mass is 15.3. The van der Waals surface area contributed by atoms with E-state index in [1.807, 2.05) is 42.6 Å². The van der Waals surface area contributed by atoms with Crippen molar-refractivity contribution in [2.45, 2.75) is 6.42 Å². The number of fused-ring (bicyclic) bond motifs is 1. The van der Waals surface area contributed by atoms with Gasteiger partial charge in [-0.3, -0.25) is 9.88 Å². The highest BCUT2D eigenvalue weighted by Gasteiger charge is 2.16. The highest BCUT2D eigenvalue weighted by molar-refractivity contribution is 5.95. The minimum Gasteiger partial charge on any atom is -0.369 e. The molecule has 1 aliphatic heterocycles. The molecule has 172 valence electrons. The second-order valence-corrected chi connectivity index (χ2v) is 8.69. The second kappa shape index (κ2) is 10.3. The summed E-state index contributed by atoms with van der Waals surface area (Å²) < 4.78 is 0. The maximum Gasteiger partial charge on any atom is 0.0991 e. The van der Waals surface area contributed by atoms with Gasteiger partial charge in [-0.2, -0.15) is 10.5 Å². The van der Waals surface area contributed by atoms with E-state index in [1.54, 1.807) is 0 Å². The van der Waals surface area contributed by atoms with Crippen LogP contribution in [0.5, 0.6) is 0 Å². The number of benzene rings is 3. The number of nitrogens with zero attached hydrogens (tertiary/aromatic N) is 5. The van der Waals surface area contributed by atoms with Crippen LogP contribution in [0.1, 0.15) is 12.0 Å². The fraction of sp³-hybridized carbons (Fsp3) is 0.207. The van der Waals surface area contributed by atoms with Gasteiger partial charge in [-0.15, -0.1) is 0 Å². The van der Waals surface area contributed by atoms with Crippen LogP contribution in [0.2, 0.25) is 0 Å². The normalized spacial score (nSPS) is 13.8. The monoisotopic (exact) mass is 458 g/mol. The van der Waals surface area contributed by atoms with Gasteiger partial charge in [0, 0.05) is 67.8 Å². The largest absolute Gasteiger partial charge is 0.369 e. The summed E-state index contributed by atoms with van der Waals surface area (Å²) in [4.78, 5) is 9.29. The van der Waals surface area contributed by atoms with E-state index >= 15 is 0 Å². The summed E-state index contributed by atoms with van der Waals surface area (Å²) in [5.74, 6) is 0. The van der Waals surface area contributed by atoms with E-state index in [1.165, 1.54) is 5.69 Å². The molecule has 1 fully saturated rings. The van der Waals surface area contributed by atoms with Crippen molar-refractivity contribution in [2.24, 2.45) is 0 Å². The van der Waals surface area contributed by atoms with Crippen LogP contribution in [0.4, 0.5) is 17.1 Å². The van der Waals surface area contributed by atoms with E-state index < -0.39 is 0 Å². The average Bonchev–Trinajstić information content (AvgIpc) is 2.93. The molecule has 6 heteroatoms. The van der Waals surface area contributed by atoms with E-state index in [2.05, 4.69) is 68.6 Å². The minimum atomic E-state index is 0.596. The zero-order chi connectivity index (χ0) is 24.0. The molecule has 0 saturated carbocycles. The molecule has 1 aromatic heterocycles. The summed E-state index contributed by atoms with van der Waals surface area (Å²) in [5.41, 5.74) is 6.99. The van der Waals surface area contributed by atoms with E-state index in [4.69, 9.17) is 10.5 Å². The maximum absolute atomic E-state index is 9.07. The number of rotatable bonds is 6. The molecule has 0 spiro atoms. The van der Waals surface area contributed by atoms with Gasteiger partial charge in [0.2, 0.25) is 0 Å². The third kappa shape index (κ3) is 5.09. The van der Waals surface area contributed by atoms with E-state index in [0.717, 1.165) is 66.1 Å². The van der Waals surface area contributed by atoms with Gasteiger partial charge in [0.05, 0.1) is 23.2 Å². The Labute approximate surface area is 205 Å². The lowest BCUT2D eigenvalue weighted by Gasteiger charge is -2.35. The molecule has 6 nitrogen and oxygen atoms in total. The maximum atomic E-state index is 9.07. The zero-order valence-corrected chi connectivity index (χ0v) is 19.5. The van der Waals surface area contributed by atoms with Gasteiger partial charge in [0.15, 0.2) is 0 Å². The molecule has 2 heterocycles. The summed E-state index contributed by atoms with van der Waals surface area (Å²) in [6, 6.07) is 28.9. The predicted molar refractivity (Wildman–Crippen MR) is 141 cm³/mol. The Morgan fingerprint density at radius 3 is 2.29 bits per heavy atom. The zero-order valence-electron chi connectivity index (χ0n) is 19.5. The van der Waals surface area contributed by atoms with Crippen LogP contribution in [0.15, 0.2) is 79.0 Å². The molecule has 0 atom stereocenters. The first-order chi connectivity index (χ1) is 17.2. The number of nitriles is 2. The number of pyridine rings is 1. The van der Waals surface area contributed by atoms with Crippen molar-refractivity contribution in [1.29, 1.82) is 10.5 Å². The van der Waals surface area contributed by atoms with Crippen LogP contribution < -0.4 is 10.2 Å². The van der Waals surface area contributed by atoms with Crippen molar-refractivity contribution in [3.05, 3.63) is 84.6 Å². The van der Waals surface area contributed by atoms with E-state index in [9.17, 15) is 0 Å². The lowest BCUT2D eigenvalue weighted by atomic mass is 10.0. The van der Waals surface area contributed by atoms with E-state index in [0.29, 0.717) is 12.0 Å². The van der Waals surface area contributed by atoms with Gasteiger partial charge < -0.3 is 10.2 Å². The fourth-order valence-corrected chi connectivity index (χ4v) is 4.52. The van der Waals surface area contributed by atoms with E-state index in [-0.39, 0.29) is 0 Å². The van der Waals surface area contributed by atoms with Gasteiger partial charge in [-0.25, -0.2) is 0 Å². The Kier molecular flexibility index (Phi) is 6.57. The molecule has 0 amide bonds. The summed E-state index contributed by atoms with van der Waals surface area (Å²) in [6.07, 6.45) is 2.42. The Morgan fingerprint density at radius 1 is 0.829 bits per heavy atom. The van der Waals surface area contributed by atoms with Crippen LogP contribution in [0.3, 0.4) is 0 Å². The Balaban J connectivity index is 1.32. The van der Waals surface area contributed by atoms with Crippen molar-refractivity contribution >= 4 is 28.0 Å². The smallest absolute Gasteiger partial charge is 0.0991 e. The first-order valence-electron chi connectivity index (χ1n) is 11.8. The van der Waals surface area contributed by atoms with Gasteiger partial charge in [-0.05, 0) is 65.7 Å². The van der Waals surface area contributed by atoms with Crippen LogP contribution in [-0.2, 0) is 0 Å². The van der Waals surface area contributed by atoms with Crippen LogP contribution >= 0.6 is 0 Å². The molecule has 1 aliphatic rings. The molecule has 0 aliphatic carbocycles. The third-order valence-electron chi connectivity index (χ3n) is 6.51. The molecule has 0 bridgehead atoms. The molecular weight excluding hydrogens is 432 g/mol. The van der Waals surface area contributed by atoms with Gasteiger partial charge in [0.25, 0.3) is 0 Å². The topological polar surface area (TPSA) is 79.0 Å². The summed E-state index contributed by atoms with van der Waals surface area (Å²) in [5, 5.41) is 22.5. The average molecular weight is 459 g/mol. The molecule has 3 aromatic carbocycles. The Morgan fingerprint density at radius 2 is 1.57 bits per heavy atom. The van der Waals surface area contributed by atoms with Crippen molar-refractivity contribution in [1.82, 2.24) is 9.88 Å². The predicted octanol–water partition coefficient (Wildman–Crippen LogP) is 5.55. The molecule has 1 N–H and O–H groups in total. The second-order valence-electron chi connectivity index (χ2n) is 8.69. The van der Waals surface area contributed by atoms with Gasteiger partial charge in [0.1, 0.15) is 0 Å². The summed E-state index contributed by atoms with van der Waals surface area (Å²) >= 11 is 0. The molecule has 0 unspecified atom stereocenters. The van der Waals surface area contributed by atoms with Gasteiger partial charge in [-0.1, -0.05) is 18.2 Å². The van der Waals surface area contributed by atoms with Crippen molar-refractivity contribution in [3.8, 4) is 23.3 Å². The first kappa shape index (κ1) is 22.4. The van der Waals surface area contributed by atoms with Gasteiger partial charge >= 0.3 is 0 Å². The van der Waals surface area contributed by atoms with Crippen molar-refractivity contribution < 1.29 is 0 Å². The highest BCUT2D eigenvalue weighted by Crippen LogP contribution is 2.30. The van der Waals surface area contributed by atoms with Crippen molar-refractivity contribution in [3.63, 3.8) is 0 Å². The Bertz CT molecular complexity index is 1390. The first-order valence-corrected chi connectivity index (χ1v) is 11.8.